The van der Waals surface area contributed by atoms with Crippen LogP contribution in [-0.4, -0.2) is 18.0 Å². The number of nitrogens with zero attached hydrogens (tertiary/aromatic N) is 2. The van der Waals surface area contributed by atoms with Crippen molar-refractivity contribution in [2.75, 3.05) is 0 Å². The van der Waals surface area contributed by atoms with Gasteiger partial charge in [-0.05, 0) is 44.4 Å². The highest BCUT2D eigenvalue weighted by Crippen LogP contribution is 2.32. The fraction of sp³-hybridized carbons (Fsp3) is 0.250. The van der Waals surface area contributed by atoms with Gasteiger partial charge in [-0.2, -0.15) is 0 Å². The molecule has 4 rings (SSSR count). The third-order valence-corrected chi connectivity index (χ3v) is 7.16. The van der Waals surface area contributed by atoms with Gasteiger partial charge >= 0.3 is 0 Å². The van der Waals surface area contributed by atoms with Crippen molar-refractivity contribution in [3.8, 4) is 11.3 Å². The molecule has 0 atom stereocenters. The number of benzene rings is 3. The van der Waals surface area contributed by atoms with Crippen LogP contribution in [0.2, 0.25) is 19.6 Å². The lowest BCUT2D eigenvalue weighted by Gasteiger charge is -2.20. The van der Waals surface area contributed by atoms with Gasteiger partial charge in [0.1, 0.15) is 5.82 Å². The number of hydrogen-bond acceptors (Lipinski definition) is 2. The molecule has 0 radical (unpaired) electrons. The number of rotatable bonds is 2. The smallest absolute Gasteiger partial charge is 0.126 e. The Bertz CT molecular complexity index is 1170. The van der Waals surface area contributed by atoms with Gasteiger partial charge in [0.25, 0.3) is 0 Å². The van der Waals surface area contributed by atoms with Gasteiger partial charge in [-0.15, -0.1) is 0 Å². The zero-order valence-electron chi connectivity index (χ0n) is 17.0. The molecule has 0 aliphatic heterocycles. The van der Waals surface area contributed by atoms with Gasteiger partial charge in [-0.25, -0.2) is 9.97 Å². The maximum Gasteiger partial charge on any atom is 0.126 e. The molecule has 4 aromatic rings. The Kier molecular flexibility index (Phi) is 4.15. The summed E-state index contributed by atoms with van der Waals surface area (Å²) in [7, 11) is -1.51. The van der Waals surface area contributed by atoms with Crippen LogP contribution in [0.5, 0.6) is 0 Å². The van der Waals surface area contributed by atoms with Crippen LogP contribution in [-0.2, 0) is 0 Å². The van der Waals surface area contributed by atoms with Crippen LogP contribution in [0.3, 0.4) is 0 Å². The Morgan fingerprint density at radius 1 is 0.778 bits per heavy atom. The molecule has 0 saturated heterocycles. The van der Waals surface area contributed by atoms with Crippen molar-refractivity contribution < 1.29 is 0 Å². The molecule has 1 aromatic heterocycles. The molecule has 0 unspecified atom stereocenters. The molecule has 0 bridgehead atoms. The van der Waals surface area contributed by atoms with E-state index in [0.29, 0.717) is 0 Å². The van der Waals surface area contributed by atoms with E-state index in [2.05, 4.69) is 82.0 Å². The number of aryl methyl sites for hydroxylation is 3. The van der Waals surface area contributed by atoms with Gasteiger partial charge in [0.05, 0.1) is 19.3 Å². The normalized spacial score (nSPS) is 12.1. The molecule has 0 amide bonds. The molecule has 0 aliphatic carbocycles. The highest BCUT2D eigenvalue weighted by atomic mass is 28.3. The summed E-state index contributed by atoms with van der Waals surface area (Å²) in [5.74, 6) is 0.828. The average molecular weight is 371 g/mol. The van der Waals surface area contributed by atoms with Crippen LogP contribution in [0.4, 0.5) is 0 Å². The molecule has 0 aliphatic rings. The molecule has 136 valence electrons. The van der Waals surface area contributed by atoms with Gasteiger partial charge in [0.15, 0.2) is 0 Å². The Morgan fingerprint density at radius 2 is 1.48 bits per heavy atom. The summed E-state index contributed by atoms with van der Waals surface area (Å²) < 4.78 is 0. The van der Waals surface area contributed by atoms with E-state index in [0.717, 1.165) is 22.4 Å². The molecule has 0 spiro atoms. The van der Waals surface area contributed by atoms with Crippen molar-refractivity contribution in [2.24, 2.45) is 0 Å². The Labute approximate surface area is 162 Å². The van der Waals surface area contributed by atoms with Crippen molar-refractivity contribution in [3.05, 3.63) is 65.5 Å². The maximum absolute atomic E-state index is 4.92. The Balaban J connectivity index is 2.16. The summed E-state index contributed by atoms with van der Waals surface area (Å²) in [6.45, 7) is 13.5. The third-order valence-electron chi connectivity index (χ3n) is 5.12. The van der Waals surface area contributed by atoms with Crippen LogP contribution in [0.15, 0.2) is 48.5 Å². The van der Waals surface area contributed by atoms with Gasteiger partial charge in [0, 0.05) is 16.3 Å². The van der Waals surface area contributed by atoms with Crippen molar-refractivity contribution >= 4 is 34.9 Å². The predicted octanol–water partition coefficient (Wildman–Crippen LogP) is 5.92. The fourth-order valence-electron chi connectivity index (χ4n) is 4.03. The summed E-state index contributed by atoms with van der Waals surface area (Å²) in [6, 6.07) is 17.8. The van der Waals surface area contributed by atoms with E-state index in [4.69, 9.17) is 9.97 Å². The number of aromatic nitrogens is 2. The molecule has 0 saturated carbocycles. The van der Waals surface area contributed by atoms with Crippen molar-refractivity contribution in [1.82, 2.24) is 9.97 Å². The zero-order valence-corrected chi connectivity index (χ0v) is 18.0. The monoisotopic (exact) mass is 370 g/mol. The molecule has 3 aromatic carbocycles. The van der Waals surface area contributed by atoms with Crippen molar-refractivity contribution in [1.29, 1.82) is 0 Å². The van der Waals surface area contributed by atoms with E-state index in [1.807, 2.05) is 6.92 Å². The molecule has 0 fully saturated rings. The zero-order chi connectivity index (χ0) is 19.3. The molecular weight excluding hydrogens is 344 g/mol. The largest absolute Gasteiger partial charge is 0.233 e. The van der Waals surface area contributed by atoms with Crippen molar-refractivity contribution in [3.63, 3.8) is 0 Å². The topological polar surface area (TPSA) is 25.8 Å². The first-order valence-corrected chi connectivity index (χ1v) is 13.0. The molecule has 1 heterocycles. The SMILES string of the molecule is Cc1cc(C)cc(-c2nc(C)nc3c2ccc2cccc([Si](C)(C)C)c23)c1. The second kappa shape index (κ2) is 6.27. The van der Waals surface area contributed by atoms with Crippen LogP contribution >= 0.6 is 0 Å². The molecule has 27 heavy (non-hydrogen) atoms. The van der Waals surface area contributed by atoms with Crippen LogP contribution in [0.1, 0.15) is 17.0 Å². The maximum atomic E-state index is 4.92. The minimum Gasteiger partial charge on any atom is -0.233 e. The minimum atomic E-state index is -1.51. The van der Waals surface area contributed by atoms with Crippen molar-refractivity contribution in [2.45, 2.75) is 40.4 Å². The highest BCUT2D eigenvalue weighted by Gasteiger charge is 2.22. The van der Waals surface area contributed by atoms with Gasteiger partial charge in [0.2, 0.25) is 0 Å². The first-order chi connectivity index (χ1) is 12.7. The molecule has 2 nitrogen and oxygen atoms in total. The minimum absolute atomic E-state index is 0.828. The summed E-state index contributed by atoms with van der Waals surface area (Å²) in [6.07, 6.45) is 0. The Hall–Kier alpha value is -2.52. The lowest BCUT2D eigenvalue weighted by Crippen LogP contribution is -2.38. The first kappa shape index (κ1) is 17.9. The average Bonchev–Trinajstić information content (AvgIpc) is 2.58. The van der Waals surface area contributed by atoms with Gasteiger partial charge < -0.3 is 0 Å². The number of fused-ring (bicyclic) bond motifs is 3. The van der Waals surface area contributed by atoms with Crippen LogP contribution in [0.25, 0.3) is 32.9 Å². The standard InChI is InChI=1S/C24H26N2Si/c1-15-12-16(2)14-19(13-15)23-20-11-10-18-8-7-9-21(27(4,5)6)22(18)24(20)26-17(3)25-23/h7-14H,1-6H3. The third kappa shape index (κ3) is 3.17. The van der Waals surface area contributed by atoms with E-state index in [9.17, 15) is 0 Å². The summed E-state index contributed by atoms with van der Waals surface area (Å²) in [4.78, 5) is 9.77. The molecular formula is C24H26N2Si. The second-order valence-corrected chi connectivity index (χ2v) is 13.6. The van der Waals surface area contributed by atoms with E-state index in [1.54, 1.807) is 0 Å². The fourth-order valence-corrected chi connectivity index (χ4v) is 5.64. The summed E-state index contributed by atoms with van der Waals surface area (Å²) >= 11 is 0. The lowest BCUT2D eigenvalue weighted by molar-refractivity contribution is 1.10. The molecule has 0 N–H and O–H groups in total. The highest BCUT2D eigenvalue weighted by molar-refractivity contribution is 6.90. The summed E-state index contributed by atoms with van der Waals surface area (Å²) in [5.41, 5.74) is 5.83. The molecule has 3 heteroatoms. The predicted molar refractivity (Wildman–Crippen MR) is 120 cm³/mol. The van der Waals surface area contributed by atoms with Crippen LogP contribution in [0, 0.1) is 20.8 Å². The van der Waals surface area contributed by atoms with Crippen LogP contribution < -0.4 is 5.19 Å². The Morgan fingerprint density at radius 3 is 2.15 bits per heavy atom. The van der Waals surface area contributed by atoms with Gasteiger partial charge in [-0.3, -0.25) is 0 Å². The van der Waals surface area contributed by atoms with E-state index in [1.165, 1.54) is 32.6 Å². The summed E-state index contributed by atoms with van der Waals surface area (Å²) in [5, 5.41) is 5.19. The van der Waals surface area contributed by atoms with E-state index < -0.39 is 8.07 Å². The quantitative estimate of drug-likeness (QED) is 0.323. The van der Waals surface area contributed by atoms with E-state index in [-0.39, 0.29) is 0 Å². The number of hydrogen-bond donors (Lipinski definition) is 0. The first-order valence-electron chi connectivity index (χ1n) is 9.53. The lowest BCUT2D eigenvalue weighted by atomic mass is 9.99. The van der Waals surface area contributed by atoms with E-state index >= 15 is 0 Å². The van der Waals surface area contributed by atoms with Gasteiger partial charge in [-0.1, -0.05) is 66.3 Å². The second-order valence-electron chi connectivity index (χ2n) is 8.61.